The van der Waals surface area contributed by atoms with Gasteiger partial charge in [0.25, 0.3) is 0 Å². The molecule has 1 nitrogen and oxygen atoms in total. The Balaban J connectivity index is 3.59. The molecule has 0 aliphatic heterocycles. The summed E-state index contributed by atoms with van der Waals surface area (Å²) in [5.41, 5.74) is 0. The highest BCUT2D eigenvalue weighted by Gasteiger charge is 2.05. The van der Waals surface area contributed by atoms with Crippen LogP contribution in [0.4, 0.5) is 0 Å². The second-order valence-corrected chi connectivity index (χ2v) is 3.77. The van der Waals surface area contributed by atoms with E-state index in [2.05, 4.69) is 32.9 Å². The van der Waals surface area contributed by atoms with Crippen LogP contribution in [0.3, 0.4) is 0 Å². The molecular weight excluding hydrogens is 148 g/mol. The van der Waals surface area contributed by atoms with E-state index in [4.69, 9.17) is 0 Å². The molecule has 72 valence electrons. The summed E-state index contributed by atoms with van der Waals surface area (Å²) < 4.78 is 0. The Morgan fingerprint density at radius 1 is 1.25 bits per heavy atom. The normalized spacial score (nSPS) is 19.4. The number of aliphatic hydroxyl groups excluding tert-OH is 1. The number of aliphatic hydroxyl groups is 1. The number of allylic oxidation sites excluding steroid dienone is 2. The lowest BCUT2D eigenvalue weighted by molar-refractivity contribution is 0.136. The van der Waals surface area contributed by atoms with Crippen molar-refractivity contribution in [3.63, 3.8) is 0 Å². The first-order valence-corrected chi connectivity index (χ1v) is 4.92. The monoisotopic (exact) mass is 170 g/mol. The van der Waals surface area contributed by atoms with Crippen LogP contribution in [-0.4, -0.2) is 11.2 Å². The first-order chi connectivity index (χ1) is 5.57. The second-order valence-electron chi connectivity index (χ2n) is 3.77. The van der Waals surface area contributed by atoms with Gasteiger partial charge in [0, 0.05) is 0 Å². The van der Waals surface area contributed by atoms with Crippen molar-refractivity contribution in [3.8, 4) is 0 Å². The van der Waals surface area contributed by atoms with Gasteiger partial charge in [0.15, 0.2) is 0 Å². The SMILES string of the molecule is CCC(C)/C=C/CC(C)C(C)O. The molecule has 0 aromatic rings. The molecule has 0 spiro atoms. The largest absolute Gasteiger partial charge is 0.393 e. The fraction of sp³-hybridized carbons (Fsp3) is 0.818. The molecular formula is C11H22O. The lowest BCUT2D eigenvalue weighted by atomic mass is 10.0. The maximum Gasteiger partial charge on any atom is 0.0540 e. The molecule has 0 rings (SSSR count). The summed E-state index contributed by atoms with van der Waals surface area (Å²) in [6.07, 6.45) is 6.41. The van der Waals surface area contributed by atoms with Crippen molar-refractivity contribution in [2.75, 3.05) is 0 Å². The minimum absolute atomic E-state index is 0.188. The molecule has 0 aromatic carbocycles. The molecule has 0 saturated heterocycles. The lowest BCUT2D eigenvalue weighted by Crippen LogP contribution is -2.11. The van der Waals surface area contributed by atoms with Crippen LogP contribution in [0, 0.1) is 11.8 Å². The molecule has 12 heavy (non-hydrogen) atoms. The summed E-state index contributed by atoms with van der Waals surface area (Å²) in [6.45, 7) is 8.32. The molecule has 0 saturated carbocycles. The first kappa shape index (κ1) is 11.7. The van der Waals surface area contributed by atoms with Gasteiger partial charge in [-0.3, -0.25) is 0 Å². The highest BCUT2D eigenvalue weighted by Crippen LogP contribution is 2.10. The Bertz CT molecular complexity index is 127. The molecule has 3 unspecified atom stereocenters. The molecule has 0 bridgehead atoms. The van der Waals surface area contributed by atoms with Crippen LogP contribution in [0.25, 0.3) is 0 Å². The Kier molecular flexibility index (Phi) is 6.09. The van der Waals surface area contributed by atoms with E-state index in [0.29, 0.717) is 11.8 Å². The van der Waals surface area contributed by atoms with Gasteiger partial charge in [-0.2, -0.15) is 0 Å². The van der Waals surface area contributed by atoms with Crippen LogP contribution < -0.4 is 0 Å². The van der Waals surface area contributed by atoms with E-state index in [1.807, 2.05) is 6.92 Å². The summed E-state index contributed by atoms with van der Waals surface area (Å²) in [5, 5.41) is 9.21. The third kappa shape index (κ3) is 5.36. The van der Waals surface area contributed by atoms with Gasteiger partial charge in [-0.1, -0.05) is 39.3 Å². The number of hydrogen-bond donors (Lipinski definition) is 1. The van der Waals surface area contributed by atoms with E-state index in [9.17, 15) is 5.11 Å². The average Bonchev–Trinajstić information content (AvgIpc) is 2.03. The van der Waals surface area contributed by atoms with Gasteiger partial charge in [-0.25, -0.2) is 0 Å². The quantitative estimate of drug-likeness (QED) is 0.629. The van der Waals surface area contributed by atoms with Gasteiger partial charge in [0.1, 0.15) is 0 Å². The maximum absolute atomic E-state index is 9.21. The zero-order valence-electron chi connectivity index (χ0n) is 8.75. The Morgan fingerprint density at radius 3 is 2.25 bits per heavy atom. The topological polar surface area (TPSA) is 20.2 Å². The molecule has 0 heterocycles. The van der Waals surface area contributed by atoms with Crippen molar-refractivity contribution < 1.29 is 5.11 Å². The standard InChI is InChI=1S/C11H22O/c1-5-9(2)7-6-8-10(3)11(4)12/h6-7,9-12H,5,8H2,1-4H3/b7-6+. The minimum atomic E-state index is -0.188. The smallest absolute Gasteiger partial charge is 0.0540 e. The van der Waals surface area contributed by atoms with Crippen molar-refractivity contribution in [2.24, 2.45) is 11.8 Å². The fourth-order valence-electron chi connectivity index (χ4n) is 0.859. The Labute approximate surface area is 76.5 Å². The van der Waals surface area contributed by atoms with Crippen molar-refractivity contribution in [2.45, 2.75) is 46.6 Å². The summed E-state index contributed by atoms with van der Waals surface area (Å²) in [4.78, 5) is 0. The molecule has 0 aliphatic carbocycles. The van der Waals surface area contributed by atoms with Crippen molar-refractivity contribution >= 4 is 0 Å². The van der Waals surface area contributed by atoms with Crippen molar-refractivity contribution in [3.05, 3.63) is 12.2 Å². The van der Waals surface area contributed by atoms with E-state index in [-0.39, 0.29) is 6.10 Å². The van der Waals surface area contributed by atoms with E-state index >= 15 is 0 Å². The summed E-state index contributed by atoms with van der Waals surface area (Å²) in [5.74, 6) is 1.05. The maximum atomic E-state index is 9.21. The van der Waals surface area contributed by atoms with Gasteiger partial charge in [-0.15, -0.1) is 0 Å². The zero-order chi connectivity index (χ0) is 9.56. The van der Waals surface area contributed by atoms with Gasteiger partial charge < -0.3 is 5.11 Å². The van der Waals surface area contributed by atoms with E-state index in [1.54, 1.807) is 0 Å². The van der Waals surface area contributed by atoms with Crippen LogP contribution in [-0.2, 0) is 0 Å². The Morgan fingerprint density at radius 2 is 1.83 bits per heavy atom. The molecule has 0 fully saturated rings. The highest BCUT2D eigenvalue weighted by molar-refractivity contribution is 4.87. The predicted molar refractivity (Wildman–Crippen MR) is 54.1 cm³/mol. The number of rotatable bonds is 5. The minimum Gasteiger partial charge on any atom is -0.393 e. The van der Waals surface area contributed by atoms with Crippen LogP contribution >= 0.6 is 0 Å². The molecule has 1 heteroatoms. The zero-order valence-corrected chi connectivity index (χ0v) is 8.75. The predicted octanol–water partition coefficient (Wildman–Crippen LogP) is 3.00. The van der Waals surface area contributed by atoms with Gasteiger partial charge >= 0.3 is 0 Å². The molecule has 0 aliphatic rings. The first-order valence-electron chi connectivity index (χ1n) is 4.92. The van der Waals surface area contributed by atoms with Crippen LogP contribution in [0.15, 0.2) is 12.2 Å². The Hall–Kier alpha value is -0.300. The highest BCUT2D eigenvalue weighted by atomic mass is 16.3. The van der Waals surface area contributed by atoms with E-state index < -0.39 is 0 Å². The van der Waals surface area contributed by atoms with Gasteiger partial charge in [0.2, 0.25) is 0 Å². The number of hydrogen-bond acceptors (Lipinski definition) is 1. The average molecular weight is 170 g/mol. The van der Waals surface area contributed by atoms with Gasteiger partial charge in [0.05, 0.1) is 6.10 Å². The third-order valence-electron chi connectivity index (χ3n) is 2.44. The van der Waals surface area contributed by atoms with Crippen LogP contribution in [0.1, 0.15) is 40.5 Å². The van der Waals surface area contributed by atoms with E-state index in [0.717, 1.165) is 6.42 Å². The summed E-state index contributed by atoms with van der Waals surface area (Å²) in [6, 6.07) is 0. The lowest BCUT2D eigenvalue weighted by Gasteiger charge is -2.11. The van der Waals surface area contributed by atoms with Crippen LogP contribution in [0.2, 0.25) is 0 Å². The van der Waals surface area contributed by atoms with E-state index in [1.165, 1.54) is 6.42 Å². The molecule has 1 N–H and O–H groups in total. The van der Waals surface area contributed by atoms with Crippen molar-refractivity contribution in [1.82, 2.24) is 0 Å². The summed E-state index contributed by atoms with van der Waals surface area (Å²) >= 11 is 0. The molecule has 3 atom stereocenters. The van der Waals surface area contributed by atoms with Gasteiger partial charge in [-0.05, 0) is 25.2 Å². The van der Waals surface area contributed by atoms with Crippen molar-refractivity contribution in [1.29, 1.82) is 0 Å². The molecule has 0 radical (unpaired) electrons. The fourth-order valence-corrected chi connectivity index (χ4v) is 0.859. The second kappa shape index (κ2) is 6.24. The third-order valence-corrected chi connectivity index (χ3v) is 2.44. The molecule has 0 amide bonds. The van der Waals surface area contributed by atoms with Crippen LogP contribution in [0.5, 0.6) is 0 Å². The summed E-state index contributed by atoms with van der Waals surface area (Å²) in [7, 11) is 0. The molecule has 0 aromatic heterocycles.